The van der Waals surface area contributed by atoms with E-state index in [1.807, 2.05) is 19.1 Å². The highest BCUT2D eigenvalue weighted by Crippen LogP contribution is 2.33. The highest BCUT2D eigenvalue weighted by atomic mass is 16.6. The van der Waals surface area contributed by atoms with E-state index < -0.39 is 17.4 Å². The predicted octanol–water partition coefficient (Wildman–Crippen LogP) is 3.63. The van der Waals surface area contributed by atoms with E-state index in [2.05, 4.69) is 0 Å². The molecule has 0 saturated carbocycles. The quantitative estimate of drug-likeness (QED) is 0.404. The summed E-state index contributed by atoms with van der Waals surface area (Å²) in [6, 6.07) is 15.4. The Labute approximate surface area is 159 Å². The zero-order valence-corrected chi connectivity index (χ0v) is 15.9. The summed E-state index contributed by atoms with van der Waals surface area (Å²) in [6.07, 6.45) is -0.363. The Kier molecular flexibility index (Phi) is 6.88. The summed E-state index contributed by atoms with van der Waals surface area (Å²) in [5.41, 5.74) is -0.0246. The van der Waals surface area contributed by atoms with Gasteiger partial charge < -0.3 is 9.47 Å². The summed E-state index contributed by atoms with van der Waals surface area (Å²) >= 11 is 0. The molecule has 0 aliphatic heterocycles. The number of esters is 2. The fourth-order valence-electron chi connectivity index (χ4n) is 2.88. The summed E-state index contributed by atoms with van der Waals surface area (Å²) in [7, 11) is 0. The van der Waals surface area contributed by atoms with E-state index in [1.54, 1.807) is 56.3 Å². The first-order chi connectivity index (χ1) is 13.0. The van der Waals surface area contributed by atoms with Gasteiger partial charge in [-0.05, 0) is 26.3 Å². The van der Waals surface area contributed by atoms with Crippen molar-refractivity contribution in [2.45, 2.75) is 32.6 Å². The van der Waals surface area contributed by atoms with Crippen molar-refractivity contribution in [2.75, 3.05) is 13.2 Å². The lowest BCUT2D eigenvalue weighted by Gasteiger charge is -2.29. The molecule has 2 aromatic carbocycles. The normalized spacial score (nSPS) is 10.9. The van der Waals surface area contributed by atoms with Gasteiger partial charge in [0.2, 0.25) is 0 Å². The van der Waals surface area contributed by atoms with Gasteiger partial charge in [0.25, 0.3) is 0 Å². The Hall–Kier alpha value is -2.95. The van der Waals surface area contributed by atoms with E-state index in [9.17, 15) is 14.4 Å². The third kappa shape index (κ3) is 4.42. The maximum Gasteiger partial charge on any atom is 0.328 e. The molecule has 0 radical (unpaired) electrons. The van der Waals surface area contributed by atoms with E-state index in [1.165, 1.54) is 0 Å². The van der Waals surface area contributed by atoms with Crippen molar-refractivity contribution in [3.63, 3.8) is 0 Å². The van der Waals surface area contributed by atoms with Gasteiger partial charge in [-0.25, -0.2) is 0 Å². The van der Waals surface area contributed by atoms with Crippen LogP contribution in [0.15, 0.2) is 54.6 Å². The van der Waals surface area contributed by atoms with Crippen LogP contribution >= 0.6 is 0 Å². The molecule has 0 N–H and O–H groups in total. The average Bonchev–Trinajstić information content (AvgIpc) is 2.67. The number of carbonyl (C=O) groups is 3. The molecule has 0 aliphatic carbocycles. The Morgan fingerprint density at radius 2 is 1.33 bits per heavy atom. The third-order valence-electron chi connectivity index (χ3n) is 4.31. The van der Waals surface area contributed by atoms with Gasteiger partial charge in [-0.2, -0.15) is 0 Å². The Balaban J connectivity index is 2.55. The smallest absolute Gasteiger partial charge is 0.328 e. The molecule has 27 heavy (non-hydrogen) atoms. The third-order valence-corrected chi connectivity index (χ3v) is 4.31. The molecule has 2 aromatic rings. The van der Waals surface area contributed by atoms with Gasteiger partial charge in [-0.1, -0.05) is 60.2 Å². The van der Waals surface area contributed by atoms with Crippen LogP contribution in [0.3, 0.4) is 0 Å². The minimum Gasteiger partial charge on any atom is -0.465 e. The largest absolute Gasteiger partial charge is 0.465 e. The van der Waals surface area contributed by atoms with Gasteiger partial charge in [0.15, 0.2) is 11.2 Å². The summed E-state index contributed by atoms with van der Waals surface area (Å²) in [5, 5.41) is 0. The zero-order valence-electron chi connectivity index (χ0n) is 15.9. The molecule has 0 atom stereocenters. The van der Waals surface area contributed by atoms with Crippen molar-refractivity contribution in [1.82, 2.24) is 0 Å². The number of rotatable bonds is 8. The number of aryl methyl sites for hydroxylation is 1. The van der Waals surface area contributed by atoms with Crippen LogP contribution in [0, 0.1) is 6.92 Å². The van der Waals surface area contributed by atoms with Gasteiger partial charge >= 0.3 is 11.9 Å². The second-order valence-corrected chi connectivity index (χ2v) is 6.18. The standard InChI is InChI=1S/C22H24O5/c1-4-26-20(24)22(21(25)27-5-2,18-9-7-6-8-10-18)15-19(23)17-13-11-16(3)12-14-17/h6-14H,4-5,15H2,1-3H3. The Morgan fingerprint density at radius 1 is 0.815 bits per heavy atom. The van der Waals surface area contributed by atoms with Crippen molar-refractivity contribution in [1.29, 1.82) is 0 Å². The molecule has 0 unspecified atom stereocenters. The Bertz CT molecular complexity index is 775. The van der Waals surface area contributed by atoms with Crippen molar-refractivity contribution in [3.05, 3.63) is 71.3 Å². The first kappa shape index (κ1) is 20.4. The molecule has 0 fully saturated rings. The van der Waals surface area contributed by atoms with Crippen LogP contribution in [0.5, 0.6) is 0 Å². The van der Waals surface area contributed by atoms with E-state index >= 15 is 0 Å². The van der Waals surface area contributed by atoms with Gasteiger partial charge in [-0.3, -0.25) is 14.4 Å². The first-order valence-electron chi connectivity index (χ1n) is 8.95. The van der Waals surface area contributed by atoms with Crippen LogP contribution in [-0.2, 0) is 24.5 Å². The molecule has 5 nitrogen and oxygen atoms in total. The van der Waals surface area contributed by atoms with Crippen LogP contribution in [-0.4, -0.2) is 30.9 Å². The molecule has 5 heteroatoms. The summed E-state index contributed by atoms with van der Waals surface area (Å²) in [4.78, 5) is 38.8. The predicted molar refractivity (Wildman–Crippen MR) is 102 cm³/mol. The highest BCUT2D eigenvalue weighted by molar-refractivity contribution is 6.12. The first-order valence-corrected chi connectivity index (χ1v) is 8.95. The van der Waals surface area contributed by atoms with Crippen LogP contribution in [0.1, 0.15) is 41.8 Å². The van der Waals surface area contributed by atoms with Crippen LogP contribution in [0.4, 0.5) is 0 Å². The van der Waals surface area contributed by atoms with E-state index in [-0.39, 0.29) is 25.4 Å². The lowest BCUT2D eigenvalue weighted by molar-refractivity contribution is -0.164. The molecule has 0 aromatic heterocycles. The number of carbonyl (C=O) groups excluding carboxylic acids is 3. The van der Waals surface area contributed by atoms with E-state index in [0.29, 0.717) is 11.1 Å². The molecule has 0 spiro atoms. The fourth-order valence-corrected chi connectivity index (χ4v) is 2.88. The lowest BCUT2D eigenvalue weighted by atomic mass is 9.75. The zero-order chi connectivity index (χ0) is 19.9. The number of ketones is 1. The number of ether oxygens (including phenoxy) is 2. The van der Waals surface area contributed by atoms with E-state index in [4.69, 9.17) is 9.47 Å². The van der Waals surface area contributed by atoms with Crippen molar-refractivity contribution in [3.8, 4) is 0 Å². The summed E-state index contributed by atoms with van der Waals surface area (Å²) in [5.74, 6) is -1.90. The second-order valence-electron chi connectivity index (χ2n) is 6.18. The SMILES string of the molecule is CCOC(=O)C(CC(=O)c1ccc(C)cc1)(C(=O)OCC)c1ccccc1. The molecule has 0 bridgehead atoms. The van der Waals surface area contributed by atoms with Crippen molar-refractivity contribution in [2.24, 2.45) is 0 Å². The minimum absolute atomic E-state index is 0.0888. The molecule has 2 rings (SSSR count). The fraction of sp³-hybridized carbons (Fsp3) is 0.318. The molecular formula is C22H24O5. The molecular weight excluding hydrogens is 344 g/mol. The number of Topliss-reactive ketones (excluding diaryl/α,β-unsaturated/α-hetero) is 1. The maximum atomic E-state index is 12.9. The molecule has 0 heterocycles. The molecule has 0 aliphatic rings. The molecule has 0 saturated heterocycles. The van der Waals surface area contributed by atoms with Gasteiger partial charge in [0.1, 0.15) is 0 Å². The van der Waals surface area contributed by atoms with E-state index in [0.717, 1.165) is 5.56 Å². The van der Waals surface area contributed by atoms with Crippen LogP contribution in [0.25, 0.3) is 0 Å². The topological polar surface area (TPSA) is 69.7 Å². The lowest BCUT2D eigenvalue weighted by Crippen LogP contribution is -2.47. The van der Waals surface area contributed by atoms with Crippen LogP contribution < -0.4 is 0 Å². The van der Waals surface area contributed by atoms with Gasteiger partial charge in [0, 0.05) is 12.0 Å². The van der Waals surface area contributed by atoms with Crippen molar-refractivity contribution < 1.29 is 23.9 Å². The second kappa shape index (κ2) is 9.12. The Morgan fingerprint density at radius 3 is 1.81 bits per heavy atom. The summed E-state index contributed by atoms with van der Waals surface area (Å²) in [6.45, 7) is 5.40. The average molecular weight is 368 g/mol. The summed E-state index contributed by atoms with van der Waals surface area (Å²) < 4.78 is 10.4. The number of hydrogen-bond acceptors (Lipinski definition) is 5. The number of benzene rings is 2. The monoisotopic (exact) mass is 368 g/mol. The minimum atomic E-state index is -1.84. The molecule has 0 amide bonds. The molecule has 142 valence electrons. The van der Waals surface area contributed by atoms with Crippen molar-refractivity contribution >= 4 is 17.7 Å². The maximum absolute atomic E-state index is 12.9. The number of hydrogen-bond donors (Lipinski definition) is 0. The van der Waals surface area contributed by atoms with Gasteiger partial charge in [0.05, 0.1) is 13.2 Å². The van der Waals surface area contributed by atoms with Crippen LogP contribution in [0.2, 0.25) is 0 Å². The van der Waals surface area contributed by atoms with Gasteiger partial charge in [-0.15, -0.1) is 0 Å². The highest BCUT2D eigenvalue weighted by Gasteiger charge is 2.52.